The maximum atomic E-state index is 13.2. The van der Waals surface area contributed by atoms with Gasteiger partial charge in [0, 0.05) is 24.5 Å². The number of aromatic amines is 1. The van der Waals surface area contributed by atoms with Crippen molar-refractivity contribution in [2.24, 2.45) is 0 Å². The molecule has 2 aromatic heterocycles. The number of H-pyrrole nitrogens is 1. The summed E-state index contributed by atoms with van der Waals surface area (Å²) >= 11 is 0. The predicted molar refractivity (Wildman–Crippen MR) is 145 cm³/mol. The largest absolute Gasteiger partial charge is 0.423 e. The molecule has 0 saturated carbocycles. The molecule has 0 saturated heterocycles. The van der Waals surface area contributed by atoms with Gasteiger partial charge in [-0.3, -0.25) is 14.3 Å². The van der Waals surface area contributed by atoms with Crippen molar-refractivity contribution in [2.75, 3.05) is 10.6 Å². The van der Waals surface area contributed by atoms with Gasteiger partial charge in [-0.2, -0.15) is 0 Å². The minimum absolute atomic E-state index is 0.0525. The van der Waals surface area contributed by atoms with Crippen molar-refractivity contribution in [1.29, 1.82) is 0 Å². The van der Waals surface area contributed by atoms with E-state index in [1.807, 2.05) is 85.8 Å². The molecule has 0 aliphatic rings. The lowest BCUT2D eigenvalue weighted by molar-refractivity contribution is 0.558. The Hall–Kier alpha value is -4.85. The fourth-order valence-electron chi connectivity index (χ4n) is 4.50. The maximum absolute atomic E-state index is 13.2. The van der Waals surface area contributed by atoms with Crippen LogP contribution in [0.1, 0.15) is 22.3 Å². The van der Waals surface area contributed by atoms with Gasteiger partial charge >= 0.3 is 11.3 Å². The van der Waals surface area contributed by atoms with Crippen LogP contribution in [0, 0.1) is 6.92 Å². The molecule has 5 rings (SSSR count). The van der Waals surface area contributed by atoms with Crippen LogP contribution in [0.3, 0.4) is 0 Å². The number of aryl methyl sites for hydroxylation is 1. The number of fused-ring (bicyclic) bond motifs is 1. The first-order chi connectivity index (χ1) is 17.9. The normalized spacial score (nSPS) is 11.1. The molecule has 8 nitrogen and oxygen atoms in total. The Kier molecular flexibility index (Phi) is 6.47. The average molecular weight is 495 g/mol. The van der Waals surface area contributed by atoms with E-state index in [0.717, 1.165) is 22.1 Å². The molecule has 5 aromatic rings. The molecule has 8 heteroatoms. The van der Waals surface area contributed by atoms with Gasteiger partial charge in [0.1, 0.15) is 17.1 Å². The van der Waals surface area contributed by atoms with E-state index >= 15 is 0 Å². The van der Waals surface area contributed by atoms with E-state index in [4.69, 9.17) is 10.2 Å². The Morgan fingerprint density at radius 1 is 0.865 bits per heavy atom. The molecule has 0 fully saturated rings. The van der Waals surface area contributed by atoms with Crippen LogP contribution in [-0.2, 0) is 19.6 Å². The van der Waals surface area contributed by atoms with Gasteiger partial charge in [-0.1, -0.05) is 72.8 Å². The van der Waals surface area contributed by atoms with E-state index < -0.39 is 16.9 Å². The Balaban J connectivity index is 1.65. The van der Waals surface area contributed by atoms with Crippen molar-refractivity contribution in [3.8, 4) is 0 Å². The first-order valence-corrected chi connectivity index (χ1v) is 11.9. The van der Waals surface area contributed by atoms with Gasteiger partial charge in [0.2, 0.25) is 0 Å². The number of hydrogen-bond acceptors (Lipinski definition) is 6. The lowest BCUT2D eigenvalue weighted by Gasteiger charge is -2.27. The monoisotopic (exact) mass is 494 g/mol. The zero-order valence-corrected chi connectivity index (χ0v) is 20.3. The van der Waals surface area contributed by atoms with Crippen LogP contribution in [0.4, 0.5) is 11.5 Å². The molecule has 0 bridgehead atoms. The quantitative estimate of drug-likeness (QED) is 0.333. The van der Waals surface area contributed by atoms with Crippen LogP contribution in [0.2, 0.25) is 0 Å². The molecule has 0 unspecified atom stereocenters. The standard InChI is InChI=1S/C29H26N4O4/c1-19-12-13-23-22(15-25(34)37-24(23)14-19)18-32(16-20-8-4-2-5-9-20)26-27(30)33(29(36)31-28(26)35)17-21-10-6-3-7-11-21/h2-15H,16-18,30H2,1H3,(H,31,35,36). The summed E-state index contributed by atoms with van der Waals surface area (Å²) in [6.45, 7) is 2.64. The molecule has 2 heterocycles. The summed E-state index contributed by atoms with van der Waals surface area (Å²) < 4.78 is 6.78. The van der Waals surface area contributed by atoms with Gasteiger partial charge < -0.3 is 15.1 Å². The average Bonchev–Trinajstić information content (AvgIpc) is 2.87. The Bertz CT molecular complexity index is 1740. The second-order valence-electron chi connectivity index (χ2n) is 9.00. The minimum atomic E-state index is -0.592. The van der Waals surface area contributed by atoms with Crippen molar-refractivity contribution >= 4 is 22.5 Å². The zero-order chi connectivity index (χ0) is 25.9. The fraction of sp³-hybridized carbons (Fsp3) is 0.138. The number of anilines is 2. The lowest BCUT2D eigenvalue weighted by atomic mass is 10.1. The summed E-state index contributed by atoms with van der Waals surface area (Å²) in [6, 6.07) is 26.1. The SMILES string of the molecule is Cc1ccc2c(CN(Cc3ccccc3)c3c(N)n(Cc4ccccc4)c(=O)[nH]c3=O)cc(=O)oc2c1. The van der Waals surface area contributed by atoms with Crippen LogP contribution in [0.25, 0.3) is 11.0 Å². The van der Waals surface area contributed by atoms with Gasteiger partial charge in [-0.05, 0) is 35.2 Å². The summed E-state index contributed by atoms with van der Waals surface area (Å²) in [5, 5.41) is 0.760. The van der Waals surface area contributed by atoms with Crippen molar-refractivity contribution in [1.82, 2.24) is 9.55 Å². The number of hydrogen-bond donors (Lipinski definition) is 2. The number of nitrogen functional groups attached to an aromatic ring is 1. The second kappa shape index (κ2) is 10.0. The smallest absolute Gasteiger partial charge is 0.336 e. The zero-order valence-electron chi connectivity index (χ0n) is 20.3. The highest BCUT2D eigenvalue weighted by Gasteiger charge is 2.21. The molecule has 3 N–H and O–H groups in total. The molecule has 0 radical (unpaired) electrons. The molecule has 3 aromatic carbocycles. The number of rotatable bonds is 7. The van der Waals surface area contributed by atoms with Crippen molar-refractivity contribution < 1.29 is 4.42 Å². The van der Waals surface area contributed by atoms with Crippen LogP contribution in [-0.4, -0.2) is 9.55 Å². The van der Waals surface area contributed by atoms with Gasteiger partial charge in [0.05, 0.1) is 6.54 Å². The first-order valence-electron chi connectivity index (χ1n) is 11.9. The molecular formula is C29H26N4O4. The Morgan fingerprint density at radius 2 is 1.54 bits per heavy atom. The number of nitrogens with two attached hydrogens (primary N) is 1. The Morgan fingerprint density at radius 3 is 2.24 bits per heavy atom. The molecule has 0 spiro atoms. The van der Waals surface area contributed by atoms with Gasteiger partial charge in [-0.15, -0.1) is 0 Å². The number of benzene rings is 3. The third-order valence-electron chi connectivity index (χ3n) is 6.28. The summed E-state index contributed by atoms with van der Waals surface area (Å²) in [7, 11) is 0. The number of nitrogens with zero attached hydrogens (tertiary/aromatic N) is 2. The van der Waals surface area contributed by atoms with Gasteiger partial charge in [0.25, 0.3) is 5.56 Å². The van der Waals surface area contributed by atoms with E-state index in [1.54, 1.807) is 4.90 Å². The van der Waals surface area contributed by atoms with E-state index in [9.17, 15) is 14.4 Å². The molecule has 0 atom stereocenters. The maximum Gasteiger partial charge on any atom is 0.336 e. The summed E-state index contributed by atoms with van der Waals surface area (Å²) in [4.78, 5) is 42.6. The summed E-state index contributed by atoms with van der Waals surface area (Å²) in [6.07, 6.45) is 0. The Labute approximate surface area is 212 Å². The molecule has 0 aliphatic carbocycles. The topological polar surface area (TPSA) is 114 Å². The molecule has 186 valence electrons. The molecule has 0 amide bonds. The number of nitrogens with one attached hydrogen (secondary N) is 1. The van der Waals surface area contributed by atoms with Crippen LogP contribution < -0.4 is 27.5 Å². The van der Waals surface area contributed by atoms with Crippen molar-refractivity contribution in [2.45, 2.75) is 26.6 Å². The van der Waals surface area contributed by atoms with Crippen molar-refractivity contribution in [3.63, 3.8) is 0 Å². The van der Waals surface area contributed by atoms with E-state index in [-0.39, 0.29) is 24.6 Å². The highest BCUT2D eigenvalue weighted by atomic mass is 16.4. The predicted octanol–water partition coefficient (Wildman–Crippen LogP) is 3.79. The molecule has 0 aliphatic heterocycles. The third kappa shape index (κ3) is 5.08. The molecule has 37 heavy (non-hydrogen) atoms. The second-order valence-corrected chi connectivity index (χ2v) is 9.00. The van der Waals surface area contributed by atoms with Gasteiger partial charge in [-0.25, -0.2) is 9.59 Å². The highest BCUT2D eigenvalue weighted by molar-refractivity contribution is 5.81. The van der Waals surface area contributed by atoms with E-state index in [1.165, 1.54) is 10.6 Å². The van der Waals surface area contributed by atoms with E-state index in [2.05, 4.69) is 4.98 Å². The third-order valence-corrected chi connectivity index (χ3v) is 6.28. The van der Waals surface area contributed by atoms with E-state index in [0.29, 0.717) is 17.7 Å². The minimum Gasteiger partial charge on any atom is -0.423 e. The summed E-state index contributed by atoms with van der Waals surface area (Å²) in [5.41, 5.74) is 8.94. The van der Waals surface area contributed by atoms with Gasteiger partial charge in [0.15, 0.2) is 0 Å². The number of aromatic nitrogens is 2. The summed E-state index contributed by atoms with van der Waals surface area (Å²) in [5.74, 6) is 0.0525. The van der Waals surface area contributed by atoms with Crippen LogP contribution in [0.15, 0.2) is 104 Å². The van der Waals surface area contributed by atoms with Crippen LogP contribution >= 0.6 is 0 Å². The van der Waals surface area contributed by atoms with Crippen molar-refractivity contribution in [3.05, 3.63) is 138 Å². The lowest BCUT2D eigenvalue weighted by Crippen LogP contribution is -2.38. The van der Waals surface area contributed by atoms with Crippen LogP contribution in [0.5, 0.6) is 0 Å². The first kappa shape index (κ1) is 23.9. The molecular weight excluding hydrogens is 468 g/mol. The highest BCUT2D eigenvalue weighted by Crippen LogP contribution is 2.26. The fourth-order valence-corrected chi connectivity index (χ4v) is 4.50.